The second kappa shape index (κ2) is 6.14. The molecule has 0 spiro atoms. The van der Waals surface area contributed by atoms with E-state index in [1.165, 1.54) is 9.13 Å². The molecule has 6 heteroatoms. The minimum Gasteiger partial charge on any atom is -0.493 e. The molecule has 0 fully saturated rings. The van der Waals surface area contributed by atoms with Crippen molar-refractivity contribution in [3.63, 3.8) is 0 Å². The van der Waals surface area contributed by atoms with E-state index in [4.69, 9.17) is 23.2 Å². The quantitative estimate of drug-likeness (QED) is 0.782. The molecule has 0 aliphatic carbocycles. The van der Waals surface area contributed by atoms with Crippen LogP contribution in [0.3, 0.4) is 0 Å². The van der Waals surface area contributed by atoms with E-state index in [9.17, 15) is 9.90 Å². The zero-order valence-electron chi connectivity index (χ0n) is 12.3. The summed E-state index contributed by atoms with van der Waals surface area (Å²) in [4.78, 5) is 12.5. The van der Waals surface area contributed by atoms with Crippen LogP contribution in [-0.2, 0) is 13.5 Å². The van der Waals surface area contributed by atoms with E-state index in [2.05, 4.69) is 0 Å². The standard InChI is InChI=1S/C17H14Cl2N2O2/c1-20-15(7-11-5-3-2-4-6-11)16(22)21(17(20)23)14-9-12(18)8-13(19)10-14/h2-6,8-10,22H,7H2,1H3. The van der Waals surface area contributed by atoms with Crippen molar-refractivity contribution in [2.45, 2.75) is 6.42 Å². The number of benzene rings is 2. The van der Waals surface area contributed by atoms with Crippen LogP contribution < -0.4 is 5.69 Å². The van der Waals surface area contributed by atoms with Crippen LogP contribution in [0.5, 0.6) is 5.88 Å². The molecule has 0 saturated heterocycles. The minimum atomic E-state index is -0.355. The Morgan fingerprint density at radius 1 is 1.04 bits per heavy atom. The van der Waals surface area contributed by atoms with Crippen LogP contribution in [-0.4, -0.2) is 14.2 Å². The van der Waals surface area contributed by atoms with Gasteiger partial charge in [-0.2, -0.15) is 0 Å². The van der Waals surface area contributed by atoms with Crippen LogP contribution in [0.4, 0.5) is 0 Å². The van der Waals surface area contributed by atoms with E-state index in [0.717, 1.165) is 5.56 Å². The van der Waals surface area contributed by atoms with E-state index in [0.29, 0.717) is 27.8 Å². The van der Waals surface area contributed by atoms with Crippen LogP contribution in [0.1, 0.15) is 11.3 Å². The highest BCUT2D eigenvalue weighted by molar-refractivity contribution is 6.34. The fourth-order valence-corrected chi connectivity index (χ4v) is 3.04. The molecule has 2 aromatic carbocycles. The lowest BCUT2D eigenvalue weighted by molar-refractivity contribution is 0.435. The zero-order valence-corrected chi connectivity index (χ0v) is 13.8. The average molecular weight is 349 g/mol. The number of rotatable bonds is 3. The fraction of sp³-hybridized carbons (Fsp3) is 0.118. The van der Waals surface area contributed by atoms with Gasteiger partial charge in [-0.05, 0) is 23.8 Å². The Balaban J connectivity index is 2.13. The van der Waals surface area contributed by atoms with Crippen LogP contribution >= 0.6 is 23.2 Å². The lowest BCUT2D eigenvalue weighted by Crippen LogP contribution is -2.21. The molecule has 3 aromatic rings. The van der Waals surface area contributed by atoms with Gasteiger partial charge in [0.2, 0.25) is 5.88 Å². The highest BCUT2D eigenvalue weighted by Crippen LogP contribution is 2.26. The van der Waals surface area contributed by atoms with Crippen LogP contribution in [0, 0.1) is 0 Å². The first-order valence-corrected chi connectivity index (χ1v) is 7.73. The van der Waals surface area contributed by atoms with Crippen LogP contribution in [0.15, 0.2) is 53.3 Å². The van der Waals surface area contributed by atoms with Crippen molar-refractivity contribution in [2.24, 2.45) is 7.05 Å². The first-order valence-electron chi connectivity index (χ1n) is 6.97. The normalized spacial score (nSPS) is 10.9. The molecule has 1 N–H and O–H groups in total. The summed E-state index contributed by atoms with van der Waals surface area (Å²) in [5.41, 5.74) is 1.60. The summed E-state index contributed by atoms with van der Waals surface area (Å²) < 4.78 is 2.63. The van der Waals surface area contributed by atoms with Gasteiger partial charge in [0, 0.05) is 23.5 Å². The second-order valence-corrected chi connectivity index (χ2v) is 6.11. The van der Waals surface area contributed by atoms with Gasteiger partial charge < -0.3 is 5.11 Å². The first-order chi connectivity index (χ1) is 11.0. The summed E-state index contributed by atoms with van der Waals surface area (Å²) in [6.07, 6.45) is 0.444. The smallest absolute Gasteiger partial charge is 0.335 e. The Labute approximate surface area is 143 Å². The van der Waals surface area contributed by atoms with E-state index in [1.54, 1.807) is 25.2 Å². The molecule has 0 unspecified atom stereocenters. The van der Waals surface area contributed by atoms with Gasteiger partial charge in [-0.1, -0.05) is 53.5 Å². The lowest BCUT2D eigenvalue weighted by atomic mass is 10.1. The topological polar surface area (TPSA) is 47.2 Å². The molecule has 0 atom stereocenters. The number of nitrogens with zero attached hydrogens (tertiary/aromatic N) is 2. The molecule has 0 aliphatic heterocycles. The van der Waals surface area contributed by atoms with Gasteiger partial charge in [0.1, 0.15) is 0 Å². The maximum atomic E-state index is 12.5. The SMILES string of the molecule is Cn1c(Cc2ccccc2)c(O)n(-c2cc(Cl)cc(Cl)c2)c1=O. The van der Waals surface area contributed by atoms with E-state index >= 15 is 0 Å². The predicted octanol–water partition coefficient (Wildman–Crippen LogP) is 3.78. The largest absolute Gasteiger partial charge is 0.493 e. The molecule has 4 nitrogen and oxygen atoms in total. The monoisotopic (exact) mass is 348 g/mol. The molecular formula is C17H14Cl2N2O2. The first kappa shape index (κ1) is 15.7. The Kier molecular flexibility index (Phi) is 4.20. The number of hydrogen-bond donors (Lipinski definition) is 1. The van der Waals surface area contributed by atoms with Crippen molar-refractivity contribution >= 4 is 23.2 Å². The van der Waals surface area contributed by atoms with Crippen molar-refractivity contribution < 1.29 is 5.11 Å². The van der Waals surface area contributed by atoms with Crippen molar-refractivity contribution in [3.05, 3.63) is 80.3 Å². The van der Waals surface area contributed by atoms with Gasteiger partial charge in [-0.3, -0.25) is 4.57 Å². The molecule has 1 heterocycles. The van der Waals surface area contributed by atoms with Gasteiger partial charge in [0.15, 0.2) is 0 Å². The Morgan fingerprint density at radius 3 is 2.26 bits per heavy atom. The average Bonchev–Trinajstić information content (AvgIpc) is 2.71. The summed E-state index contributed by atoms with van der Waals surface area (Å²) in [5, 5.41) is 11.3. The van der Waals surface area contributed by atoms with Crippen LogP contribution in [0.2, 0.25) is 10.0 Å². The Bertz CT molecular complexity index is 894. The summed E-state index contributed by atoms with van der Waals surface area (Å²) in [6, 6.07) is 14.4. The number of imidazole rings is 1. The summed E-state index contributed by atoms with van der Waals surface area (Å²) in [6.45, 7) is 0. The molecule has 23 heavy (non-hydrogen) atoms. The summed E-state index contributed by atoms with van der Waals surface area (Å²) >= 11 is 12.0. The van der Waals surface area contributed by atoms with Crippen molar-refractivity contribution in [2.75, 3.05) is 0 Å². The molecule has 0 saturated carbocycles. The molecule has 118 valence electrons. The van der Waals surface area contributed by atoms with Gasteiger partial charge in [0.25, 0.3) is 0 Å². The molecular weight excluding hydrogens is 335 g/mol. The van der Waals surface area contributed by atoms with Gasteiger partial charge in [-0.25, -0.2) is 9.36 Å². The number of hydrogen-bond acceptors (Lipinski definition) is 2. The van der Waals surface area contributed by atoms with E-state index in [-0.39, 0.29) is 11.6 Å². The lowest BCUT2D eigenvalue weighted by Gasteiger charge is -2.06. The van der Waals surface area contributed by atoms with Crippen LogP contribution in [0.25, 0.3) is 5.69 Å². The molecule has 0 amide bonds. The van der Waals surface area contributed by atoms with E-state index in [1.807, 2.05) is 30.3 Å². The summed E-state index contributed by atoms with van der Waals surface area (Å²) in [7, 11) is 1.63. The third-order valence-corrected chi connectivity index (χ3v) is 4.11. The molecule has 3 rings (SSSR count). The van der Waals surface area contributed by atoms with Gasteiger partial charge in [-0.15, -0.1) is 0 Å². The highest BCUT2D eigenvalue weighted by atomic mass is 35.5. The van der Waals surface area contributed by atoms with Crippen molar-refractivity contribution in [1.82, 2.24) is 9.13 Å². The third-order valence-electron chi connectivity index (χ3n) is 3.67. The van der Waals surface area contributed by atoms with Gasteiger partial charge >= 0.3 is 5.69 Å². The van der Waals surface area contributed by atoms with Crippen molar-refractivity contribution in [1.29, 1.82) is 0 Å². The molecule has 1 aromatic heterocycles. The number of aromatic nitrogens is 2. The maximum Gasteiger partial charge on any atom is 0.335 e. The summed E-state index contributed by atoms with van der Waals surface area (Å²) in [5.74, 6) is -0.111. The predicted molar refractivity (Wildman–Crippen MR) is 91.9 cm³/mol. The molecule has 0 aliphatic rings. The third kappa shape index (κ3) is 3.00. The Hall–Kier alpha value is -2.17. The van der Waals surface area contributed by atoms with Gasteiger partial charge in [0.05, 0.1) is 11.4 Å². The minimum absolute atomic E-state index is 0.111. The maximum absolute atomic E-state index is 12.5. The Morgan fingerprint density at radius 2 is 1.65 bits per heavy atom. The van der Waals surface area contributed by atoms with Crippen molar-refractivity contribution in [3.8, 4) is 11.6 Å². The second-order valence-electron chi connectivity index (χ2n) is 5.24. The number of aromatic hydroxyl groups is 1. The van der Waals surface area contributed by atoms with E-state index < -0.39 is 0 Å². The highest BCUT2D eigenvalue weighted by Gasteiger charge is 2.19. The molecule has 0 bridgehead atoms. The number of halogens is 2. The molecule has 0 radical (unpaired) electrons. The fourth-order valence-electron chi connectivity index (χ4n) is 2.52. The zero-order chi connectivity index (χ0) is 16.6.